The summed E-state index contributed by atoms with van der Waals surface area (Å²) < 4.78 is 38.0. The molecule has 3 aromatic rings. The van der Waals surface area contributed by atoms with Crippen LogP contribution in [0.2, 0.25) is 5.02 Å². The number of hydrogen-bond donors (Lipinski definition) is 1. The van der Waals surface area contributed by atoms with Gasteiger partial charge in [-0.1, -0.05) is 49.7 Å². The molecule has 8 nitrogen and oxygen atoms in total. The summed E-state index contributed by atoms with van der Waals surface area (Å²) in [4.78, 5) is 29.5. The first-order valence-corrected chi connectivity index (χ1v) is 14.4. The molecule has 0 saturated carbocycles. The van der Waals surface area contributed by atoms with Crippen molar-refractivity contribution in [3.63, 3.8) is 0 Å². The first-order chi connectivity index (χ1) is 20.1. The molecule has 1 aromatic heterocycles. The SMILES string of the molecule is COC(=O)C1(CN2CCC(C(=O)Nc3ccc(Cl)cc3OC(F)F)(n3nccc3C(C)C)CC2)Cc2ccccc2C1. The summed E-state index contributed by atoms with van der Waals surface area (Å²) in [5, 5.41) is 7.62. The molecule has 5 rings (SSSR count). The van der Waals surface area contributed by atoms with Gasteiger partial charge in [-0.2, -0.15) is 13.9 Å². The van der Waals surface area contributed by atoms with Gasteiger partial charge in [0.25, 0.3) is 5.91 Å². The molecule has 1 amide bonds. The predicted octanol–water partition coefficient (Wildman–Crippen LogP) is 5.65. The molecule has 0 unspecified atom stereocenters. The number of piperidine rings is 1. The number of benzene rings is 2. The third-order valence-electron chi connectivity index (χ3n) is 8.50. The van der Waals surface area contributed by atoms with Crippen molar-refractivity contribution in [2.75, 3.05) is 32.1 Å². The number of carbonyl (C=O) groups is 2. The molecule has 1 saturated heterocycles. The van der Waals surface area contributed by atoms with Gasteiger partial charge in [-0.15, -0.1) is 0 Å². The lowest BCUT2D eigenvalue weighted by molar-refractivity contribution is -0.154. The standard InChI is InChI=1S/C31H35ClF2N4O4/c1-20(2)25-10-13-35-38(25)31(27(39)36-24-9-8-23(32)16-26(24)42-29(33)34)11-14-37(15-12-31)19-30(28(40)41-3)17-21-6-4-5-7-22(21)18-30/h4-10,13,16,20,29H,11-12,14-15,17-19H2,1-3H3,(H,36,39). The topological polar surface area (TPSA) is 85.7 Å². The lowest BCUT2D eigenvalue weighted by Gasteiger charge is -2.43. The van der Waals surface area contributed by atoms with E-state index in [1.165, 1.54) is 25.3 Å². The Morgan fingerprint density at radius 2 is 1.74 bits per heavy atom. The minimum atomic E-state index is -3.08. The van der Waals surface area contributed by atoms with Crippen molar-refractivity contribution >= 4 is 29.2 Å². The number of ether oxygens (including phenoxy) is 2. The molecular weight excluding hydrogens is 566 g/mol. The van der Waals surface area contributed by atoms with Crippen molar-refractivity contribution in [2.45, 2.75) is 57.6 Å². The summed E-state index contributed by atoms with van der Waals surface area (Å²) in [5.41, 5.74) is 1.47. The van der Waals surface area contributed by atoms with Crippen LogP contribution in [0.15, 0.2) is 54.7 Å². The fourth-order valence-corrected chi connectivity index (χ4v) is 6.58. The second kappa shape index (κ2) is 12.0. The number of nitrogens with one attached hydrogen (secondary N) is 1. The van der Waals surface area contributed by atoms with Gasteiger partial charge in [0, 0.05) is 42.6 Å². The molecule has 0 atom stereocenters. The molecule has 1 fully saturated rings. The summed E-state index contributed by atoms with van der Waals surface area (Å²) in [6.07, 6.45) is 3.65. The number of halogens is 3. The largest absolute Gasteiger partial charge is 0.469 e. The van der Waals surface area contributed by atoms with Gasteiger partial charge in [0.1, 0.15) is 5.54 Å². The first-order valence-electron chi connectivity index (χ1n) is 14.0. The summed E-state index contributed by atoms with van der Waals surface area (Å²) in [6.45, 7) is 2.49. The number of methoxy groups -OCH3 is 1. The fourth-order valence-electron chi connectivity index (χ4n) is 6.42. The third-order valence-corrected chi connectivity index (χ3v) is 8.74. The van der Waals surface area contributed by atoms with Gasteiger partial charge in [-0.3, -0.25) is 14.3 Å². The molecule has 42 heavy (non-hydrogen) atoms. The van der Waals surface area contributed by atoms with E-state index in [1.54, 1.807) is 10.9 Å². The van der Waals surface area contributed by atoms with Gasteiger partial charge >= 0.3 is 12.6 Å². The van der Waals surface area contributed by atoms with Gasteiger partial charge in [0.2, 0.25) is 0 Å². The van der Waals surface area contributed by atoms with Crippen LogP contribution in [0.5, 0.6) is 5.75 Å². The molecular formula is C31H35ClF2N4O4. The highest BCUT2D eigenvalue weighted by atomic mass is 35.5. The van der Waals surface area contributed by atoms with E-state index in [-0.39, 0.29) is 34.3 Å². The minimum Gasteiger partial charge on any atom is -0.469 e. The van der Waals surface area contributed by atoms with Gasteiger partial charge in [-0.25, -0.2) is 0 Å². The smallest absolute Gasteiger partial charge is 0.387 e. The third kappa shape index (κ3) is 5.74. The van der Waals surface area contributed by atoms with Gasteiger partial charge < -0.3 is 19.7 Å². The van der Waals surface area contributed by atoms with E-state index in [2.05, 4.69) is 32.2 Å². The van der Waals surface area contributed by atoms with E-state index in [1.807, 2.05) is 32.0 Å². The molecule has 0 radical (unpaired) electrons. The number of amides is 1. The lowest BCUT2D eigenvalue weighted by Crippen LogP contribution is -2.56. The molecule has 1 aliphatic carbocycles. The van der Waals surface area contributed by atoms with Gasteiger partial charge in [0.15, 0.2) is 5.75 Å². The number of carbonyl (C=O) groups excluding carboxylic acids is 2. The summed E-state index contributed by atoms with van der Waals surface area (Å²) >= 11 is 6.02. The Morgan fingerprint density at radius 3 is 2.33 bits per heavy atom. The van der Waals surface area contributed by atoms with Crippen molar-refractivity contribution in [1.82, 2.24) is 14.7 Å². The Balaban J connectivity index is 1.42. The summed E-state index contributed by atoms with van der Waals surface area (Å²) in [5.74, 6) is -0.756. The lowest BCUT2D eigenvalue weighted by atomic mass is 9.81. The monoisotopic (exact) mass is 600 g/mol. The van der Waals surface area contributed by atoms with Crippen LogP contribution < -0.4 is 10.1 Å². The summed E-state index contributed by atoms with van der Waals surface area (Å²) in [7, 11) is 1.42. The molecule has 2 heterocycles. The van der Waals surface area contributed by atoms with Crippen molar-refractivity contribution in [3.8, 4) is 5.75 Å². The van der Waals surface area contributed by atoms with Crippen molar-refractivity contribution in [3.05, 3.63) is 76.6 Å². The van der Waals surface area contributed by atoms with Crippen LogP contribution in [0.1, 0.15) is 49.4 Å². The zero-order valence-corrected chi connectivity index (χ0v) is 24.7. The molecule has 2 aliphatic rings. The summed E-state index contributed by atoms with van der Waals surface area (Å²) in [6, 6.07) is 14.2. The van der Waals surface area contributed by atoms with Gasteiger partial charge in [0.05, 0.1) is 18.2 Å². The van der Waals surface area contributed by atoms with Crippen LogP contribution in [0.4, 0.5) is 14.5 Å². The van der Waals surface area contributed by atoms with E-state index >= 15 is 0 Å². The number of hydrogen-bond acceptors (Lipinski definition) is 6. The second-order valence-corrected chi connectivity index (χ2v) is 11.9. The fraction of sp³-hybridized carbons (Fsp3) is 0.452. The highest BCUT2D eigenvalue weighted by Crippen LogP contribution is 2.41. The number of nitrogens with zero attached hydrogens (tertiary/aromatic N) is 3. The van der Waals surface area contributed by atoms with Gasteiger partial charge in [-0.05, 0) is 60.9 Å². The van der Waals surface area contributed by atoms with Crippen molar-refractivity contribution in [1.29, 1.82) is 0 Å². The maximum atomic E-state index is 14.2. The van der Waals surface area contributed by atoms with Crippen LogP contribution in [0, 0.1) is 5.41 Å². The van der Waals surface area contributed by atoms with Crippen molar-refractivity contribution in [2.24, 2.45) is 5.41 Å². The average Bonchev–Trinajstić information content (AvgIpc) is 3.60. The molecule has 224 valence electrons. The van der Waals surface area contributed by atoms with E-state index in [9.17, 15) is 18.4 Å². The van der Waals surface area contributed by atoms with Crippen LogP contribution >= 0.6 is 11.6 Å². The number of rotatable bonds is 9. The molecule has 0 bridgehead atoms. The predicted molar refractivity (Wildman–Crippen MR) is 155 cm³/mol. The van der Waals surface area contributed by atoms with Crippen LogP contribution in [0.3, 0.4) is 0 Å². The van der Waals surface area contributed by atoms with Crippen LogP contribution in [0.25, 0.3) is 0 Å². The zero-order valence-electron chi connectivity index (χ0n) is 23.9. The molecule has 1 aliphatic heterocycles. The van der Waals surface area contributed by atoms with E-state index in [4.69, 9.17) is 16.3 Å². The highest BCUT2D eigenvalue weighted by molar-refractivity contribution is 6.30. The molecule has 0 spiro atoms. The van der Waals surface area contributed by atoms with E-state index in [0.29, 0.717) is 45.3 Å². The first kappa shape index (κ1) is 30.0. The maximum Gasteiger partial charge on any atom is 0.387 e. The maximum absolute atomic E-state index is 14.2. The number of fused-ring (bicyclic) bond motifs is 1. The normalized spacial score (nSPS) is 17.7. The second-order valence-electron chi connectivity index (χ2n) is 11.5. The Hall–Kier alpha value is -3.50. The van der Waals surface area contributed by atoms with E-state index in [0.717, 1.165) is 16.8 Å². The molecule has 11 heteroatoms. The quantitative estimate of drug-likeness (QED) is 0.320. The number of esters is 1. The minimum absolute atomic E-state index is 0.0862. The number of alkyl halides is 2. The Morgan fingerprint density at radius 1 is 1.07 bits per heavy atom. The highest BCUT2D eigenvalue weighted by Gasteiger charge is 2.50. The molecule has 1 N–H and O–H groups in total. The Bertz CT molecular complexity index is 1430. The van der Waals surface area contributed by atoms with E-state index < -0.39 is 17.6 Å². The van der Waals surface area contributed by atoms with Crippen LogP contribution in [-0.4, -0.2) is 59.9 Å². The number of aromatic nitrogens is 2. The number of likely N-dealkylation sites (tertiary alicyclic amines) is 1. The average molecular weight is 601 g/mol. The van der Waals surface area contributed by atoms with Crippen LogP contribution in [-0.2, 0) is 32.7 Å². The molecule has 2 aromatic carbocycles. The van der Waals surface area contributed by atoms with Crippen molar-refractivity contribution < 1.29 is 27.8 Å². The Labute approximate surface area is 248 Å². The Kier molecular flexibility index (Phi) is 8.57. The number of anilines is 1. The zero-order chi connectivity index (χ0) is 30.1.